The minimum Gasteiger partial charge on any atom is -0.472 e. The third-order valence-corrected chi connectivity index (χ3v) is 2.08. The van der Waals surface area contributed by atoms with Crippen LogP contribution in [0.5, 0.6) is 0 Å². The number of rotatable bonds is 4. The van der Waals surface area contributed by atoms with Gasteiger partial charge in [-0.05, 0) is 11.6 Å². The van der Waals surface area contributed by atoms with Gasteiger partial charge in [-0.25, -0.2) is 0 Å². The molecule has 0 radical (unpaired) electrons. The highest BCUT2D eigenvalue weighted by Crippen LogP contribution is 2.01. The van der Waals surface area contributed by atoms with Crippen LogP contribution in [0.3, 0.4) is 0 Å². The molecule has 1 aromatic carbocycles. The zero-order valence-electron chi connectivity index (χ0n) is 7.94. The van der Waals surface area contributed by atoms with Gasteiger partial charge in [-0.2, -0.15) is 0 Å². The third kappa shape index (κ3) is 2.47. The van der Waals surface area contributed by atoms with E-state index in [0.29, 0.717) is 0 Å². The van der Waals surface area contributed by atoms with Crippen LogP contribution in [0.15, 0.2) is 53.3 Å². The minimum absolute atomic E-state index is 0.853. The maximum atomic E-state index is 4.98. The molecular formula is C12H13NO. The number of hydrogen-bond donors (Lipinski definition) is 1. The van der Waals surface area contributed by atoms with Gasteiger partial charge in [-0.1, -0.05) is 30.3 Å². The first-order valence-corrected chi connectivity index (χ1v) is 4.71. The van der Waals surface area contributed by atoms with Gasteiger partial charge in [0, 0.05) is 18.7 Å². The van der Waals surface area contributed by atoms with Gasteiger partial charge in [-0.15, -0.1) is 0 Å². The van der Waals surface area contributed by atoms with Crippen molar-refractivity contribution in [2.75, 3.05) is 0 Å². The van der Waals surface area contributed by atoms with Gasteiger partial charge >= 0.3 is 0 Å². The van der Waals surface area contributed by atoms with Crippen molar-refractivity contribution in [3.8, 4) is 0 Å². The lowest BCUT2D eigenvalue weighted by Gasteiger charge is -2.02. The van der Waals surface area contributed by atoms with Crippen molar-refractivity contribution in [2.24, 2.45) is 0 Å². The Kier molecular flexibility index (Phi) is 2.99. The summed E-state index contributed by atoms with van der Waals surface area (Å²) >= 11 is 0. The molecule has 1 heterocycles. The van der Waals surface area contributed by atoms with Crippen LogP contribution in [0.1, 0.15) is 11.1 Å². The largest absolute Gasteiger partial charge is 0.472 e. The summed E-state index contributed by atoms with van der Waals surface area (Å²) in [7, 11) is 0. The molecule has 1 N–H and O–H groups in total. The topological polar surface area (TPSA) is 25.2 Å². The zero-order chi connectivity index (χ0) is 9.64. The molecule has 2 heteroatoms. The fourth-order valence-corrected chi connectivity index (χ4v) is 1.34. The SMILES string of the molecule is c1ccc(CNCc2ccoc2)cc1. The van der Waals surface area contributed by atoms with Gasteiger partial charge in [-0.3, -0.25) is 0 Å². The van der Waals surface area contributed by atoms with E-state index in [2.05, 4.69) is 29.6 Å². The smallest absolute Gasteiger partial charge is 0.0947 e. The Labute approximate surface area is 83.6 Å². The van der Waals surface area contributed by atoms with Crippen LogP contribution in [-0.2, 0) is 13.1 Å². The number of hydrogen-bond acceptors (Lipinski definition) is 2. The first-order chi connectivity index (χ1) is 6.95. The zero-order valence-corrected chi connectivity index (χ0v) is 7.94. The second-order valence-electron chi connectivity index (χ2n) is 3.22. The predicted octanol–water partition coefficient (Wildman–Crippen LogP) is 2.57. The van der Waals surface area contributed by atoms with E-state index in [1.165, 1.54) is 11.1 Å². The average molecular weight is 187 g/mol. The van der Waals surface area contributed by atoms with Gasteiger partial charge in [0.05, 0.1) is 12.5 Å². The summed E-state index contributed by atoms with van der Waals surface area (Å²) in [6, 6.07) is 12.3. The Morgan fingerprint density at radius 3 is 2.43 bits per heavy atom. The number of nitrogens with one attached hydrogen (secondary N) is 1. The first-order valence-electron chi connectivity index (χ1n) is 4.71. The Morgan fingerprint density at radius 1 is 0.929 bits per heavy atom. The van der Waals surface area contributed by atoms with Crippen molar-refractivity contribution in [1.29, 1.82) is 0 Å². The van der Waals surface area contributed by atoms with Gasteiger partial charge in [0.15, 0.2) is 0 Å². The van der Waals surface area contributed by atoms with Crippen molar-refractivity contribution in [1.82, 2.24) is 5.32 Å². The highest BCUT2D eigenvalue weighted by atomic mass is 16.3. The molecule has 2 aromatic rings. The van der Waals surface area contributed by atoms with Crippen LogP contribution in [0.4, 0.5) is 0 Å². The van der Waals surface area contributed by atoms with E-state index in [1.807, 2.05) is 12.1 Å². The molecule has 0 aliphatic rings. The second kappa shape index (κ2) is 4.63. The van der Waals surface area contributed by atoms with Crippen LogP contribution in [0.2, 0.25) is 0 Å². The van der Waals surface area contributed by atoms with Crippen LogP contribution in [-0.4, -0.2) is 0 Å². The van der Waals surface area contributed by atoms with Gasteiger partial charge in [0.1, 0.15) is 0 Å². The molecule has 72 valence electrons. The molecule has 2 rings (SSSR count). The first kappa shape index (κ1) is 9.03. The van der Waals surface area contributed by atoms with Crippen LogP contribution < -0.4 is 5.32 Å². The number of furan rings is 1. The molecule has 2 nitrogen and oxygen atoms in total. The normalized spacial score (nSPS) is 10.3. The van der Waals surface area contributed by atoms with Gasteiger partial charge < -0.3 is 9.73 Å². The van der Waals surface area contributed by atoms with E-state index in [-0.39, 0.29) is 0 Å². The molecule has 14 heavy (non-hydrogen) atoms. The molecule has 0 aliphatic carbocycles. The molecule has 0 unspecified atom stereocenters. The van der Waals surface area contributed by atoms with Gasteiger partial charge in [0.25, 0.3) is 0 Å². The Morgan fingerprint density at radius 2 is 1.71 bits per heavy atom. The molecule has 0 amide bonds. The van der Waals surface area contributed by atoms with Crippen LogP contribution >= 0.6 is 0 Å². The van der Waals surface area contributed by atoms with E-state index in [1.54, 1.807) is 12.5 Å². The van der Waals surface area contributed by atoms with Gasteiger partial charge in [0.2, 0.25) is 0 Å². The molecular weight excluding hydrogens is 174 g/mol. The van der Waals surface area contributed by atoms with E-state index in [4.69, 9.17) is 4.42 Å². The maximum absolute atomic E-state index is 4.98. The standard InChI is InChI=1S/C12H13NO/c1-2-4-11(5-3-1)8-13-9-12-6-7-14-10-12/h1-7,10,13H,8-9H2. The monoisotopic (exact) mass is 187 g/mol. The van der Waals surface area contributed by atoms with Crippen molar-refractivity contribution in [2.45, 2.75) is 13.1 Å². The van der Waals surface area contributed by atoms with Crippen molar-refractivity contribution in [3.05, 3.63) is 60.1 Å². The summed E-state index contributed by atoms with van der Waals surface area (Å²) in [6.45, 7) is 1.75. The lowest BCUT2D eigenvalue weighted by molar-refractivity contribution is 0.560. The Balaban J connectivity index is 1.79. The van der Waals surface area contributed by atoms with Crippen molar-refractivity contribution >= 4 is 0 Å². The molecule has 0 saturated carbocycles. The second-order valence-corrected chi connectivity index (χ2v) is 3.22. The lowest BCUT2D eigenvalue weighted by Crippen LogP contribution is -2.11. The average Bonchev–Trinajstić information content (AvgIpc) is 2.72. The molecule has 0 spiro atoms. The molecule has 0 saturated heterocycles. The quantitative estimate of drug-likeness (QED) is 0.795. The molecule has 0 fully saturated rings. The predicted molar refractivity (Wildman–Crippen MR) is 55.7 cm³/mol. The van der Waals surface area contributed by atoms with E-state index >= 15 is 0 Å². The third-order valence-electron chi connectivity index (χ3n) is 2.08. The summed E-state index contributed by atoms with van der Waals surface area (Å²) in [6.07, 6.45) is 3.46. The fraction of sp³-hybridized carbons (Fsp3) is 0.167. The summed E-state index contributed by atoms with van der Waals surface area (Å²) in [5.41, 5.74) is 2.48. The molecule has 0 aliphatic heterocycles. The van der Waals surface area contributed by atoms with E-state index < -0.39 is 0 Å². The van der Waals surface area contributed by atoms with Crippen LogP contribution in [0, 0.1) is 0 Å². The Hall–Kier alpha value is -1.54. The molecule has 0 atom stereocenters. The van der Waals surface area contributed by atoms with Crippen LogP contribution in [0.25, 0.3) is 0 Å². The van der Waals surface area contributed by atoms with Crippen molar-refractivity contribution < 1.29 is 4.42 Å². The molecule has 1 aromatic heterocycles. The highest BCUT2D eigenvalue weighted by molar-refractivity contribution is 5.14. The lowest BCUT2D eigenvalue weighted by atomic mass is 10.2. The van der Waals surface area contributed by atoms with Crippen molar-refractivity contribution in [3.63, 3.8) is 0 Å². The fourth-order valence-electron chi connectivity index (χ4n) is 1.34. The number of benzene rings is 1. The van der Waals surface area contributed by atoms with E-state index in [0.717, 1.165) is 13.1 Å². The summed E-state index contributed by atoms with van der Waals surface area (Å²) in [5, 5.41) is 3.34. The molecule has 0 bridgehead atoms. The summed E-state index contributed by atoms with van der Waals surface area (Å²) in [4.78, 5) is 0. The Bertz CT molecular complexity index is 353. The van der Waals surface area contributed by atoms with E-state index in [9.17, 15) is 0 Å². The summed E-state index contributed by atoms with van der Waals surface area (Å²) < 4.78 is 4.98. The maximum Gasteiger partial charge on any atom is 0.0947 e. The minimum atomic E-state index is 0.853. The summed E-state index contributed by atoms with van der Waals surface area (Å²) in [5.74, 6) is 0. The highest BCUT2D eigenvalue weighted by Gasteiger charge is 1.93.